The Morgan fingerprint density at radius 1 is 0.909 bits per heavy atom. The number of aliphatic hydroxyl groups is 3. The fourth-order valence-electron chi connectivity index (χ4n) is 10.1. The van der Waals surface area contributed by atoms with Gasteiger partial charge >= 0.3 is 0 Å². The highest BCUT2D eigenvalue weighted by Gasteiger charge is 2.70. The maximum atomic E-state index is 12.5. The molecule has 0 aromatic rings. The van der Waals surface area contributed by atoms with E-state index in [1.165, 1.54) is 5.57 Å². The second-order valence-corrected chi connectivity index (χ2v) is 13.9. The molecule has 3 nitrogen and oxygen atoms in total. The van der Waals surface area contributed by atoms with Gasteiger partial charge in [-0.3, -0.25) is 0 Å². The SMILES string of the molecule is CC(=CC(C)C1CCC2C1(C)CC(O)C1C3(C)CCC(O)C(C)C3CCC21O)C(C)C(C)C. The van der Waals surface area contributed by atoms with Crippen molar-refractivity contribution >= 4 is 0 Å². The zero-order chi connectivity index (χ0) is 24.5. The van der Waals surface area contributed by atoms with Gasteiger partial charge in [0.1, 0.15) is 0 Å². The van der Waals surface area contributed by atoms with E-state index in [9.17, 15) is 15.3 Å². The van der Waals surface area contributed by atoms with E-state index in [2.05, 4.69) is 61.5 Å². The summed E-state index contributed by atoms with van der Waals surface area (Å²) in [4.78, 5) is 0. The van der Waals surface area contributed by atoms with E-state index < -0.39 is 11.7 Å². The Hall–Kier alpha value is -0.380. The van der Waals surface area contributed by atoms with Crippen LogP contribution in [0.2, 0.25) is 0 Å². The summed E-state index contributed by atoms with van der Waals surface area (Å²) in [6.45, 7) is 18.5. The minimum absolute atomic E-state index is 0.0229. The van der Waals surface area contributed by atoms with Crippen molar-refractivity contribution in [1.29, 1.82) is 0 Å². The Morgan fingerprint density at radius 3 is 2.21 bits per heavy atom. The van der Waals surface area contributed by atoms with Crippen LogP contribution in [0.5, 0.6) is 0 Å². The van der Waals surface area contributed by atoms with E-state index >= 15 is 0 Å². The van der Waals surface area contributed by atoms with Crippen LogP contribution in [0.4, 0.5) is 0 Å². The Bertz CT molecular complexity index is 760. The van der Waals surface area contributed by atoms with Crippen LogP contribution in [0.3, 0.4) is 0 Å². The molecule has 0 aromatic heterocycles. The molecule has 3 heteroatoms. The summed E-state index contributed by atoms with van der Waals surface area (Å²) in [7, 11) is 0. The predicted molar refractivity (Wildman–Crippen MR) is 136 cm³/mol. The zero-order valence-corrected chi connectivity index (χ0v) is 22.6. The summed E-state index contributed by atoms with van der Waals surface area (Å²) in [6, 6.07) is 0. The quantitative estimate of drug-likeness (QED) is 0.437. The van der Waals surface area contributed by atoms with Gasteiger partial charge in [0.25, 0.3) is 0 Å². The van der Waals surface area contributed by atoms with Crippen molar-refractivity contribution < 1.29 is 15.3 Å². The Labute approximate surface area is 203 Å². The van der Waals surface area contributed by atoms with Gasteiger partial charge < -0.3 is 15.3 Å². The zero-order valence-electron chi connectivity index (χ0n) is 22.6. The van der Waals surface area contributed by atoms with Crippen molar-refractivity contribution in [1.82, 2.24) is 0 Å². The second kappa shape index (κ2) is 8.63. The summed E-state index contributed by atoms with van der Waals surface area (Å²) in [5.41, 5.74) is 0.600. The van der Waals surface area contributed by atoms with Gasteiger partial charge in [-0.05, 0) is 104 Å². The van der Waals surface area contributed by atoms with Crippen LogP contribution in [-0.2, 0) is 0 Å². The van der Waals surface area contributed by atoms with Gasteiger partial charge in [0.15, 0.2) is 0 Å². The van der Waals surface area contributed by atoms with Crippen molar-refractivity contribution in [3.05, 3.63) is 11.6 Å². The monoisotopic (exact) mass is 460 g/mol. The number of fused-ring (bicyclic) bond motifs is 5. The third kappa shape index (κ3) is 3.78. The summed E-state index contributed by atoms with van der Waals surface area (Å²) in [5, 5.41) is 34.8. The maximum absolute atomic E-state index is 12.5. The van der Waals surface area contributed by atoms with Crippen molar-refractivity contribution in [3.63, 3.8) is 0 Å². The Morgan fingerprint density at radius 2 is 1.58 bits per heavy atom. The topological polar surface area (TPSA) is 60.7 Å². The molecule has 3 N–H and O–H groups in total. The molecule has 4 rings (SSSR count). The fraction of sp³-hybridized carbons (Fsp3) is 0.933. The van der Waals surface area contributed by atoms with Crippen LogP contribution in [0, 0.1) is 58.2 Å². The van der Waals surface area contributed by atoms with E-state index in [4.69, 9.17) is 0 Å². The molecule has 0 radical (unpaired) electrons. The number of allylic oxidation sites excluding steroid dienone is 2. The van der Waals surface area contributed by atoms with Crippen LogP contribution < -0.4 is 0 Å². The number of rotatable bonds is 4. The van der Waals surface area contributed by atoms with Gasteiger partial charge in [-0.1, -0.05) is 60.1 Å². The van der Waals surface area contributed by atoms with Gasteiger partial charge in [0.05, 0.1) is 17.8 Å². The molecule has 0 aromatic carbocycles. The highest BCUT2D eigenvalue weighted by atomic mass is 16.3. The summed E-state index contributed by atoms with van der Waals surface area (Å²) in [5.74, 6) is 3.05. The molecule has 4 aliphatic rings. The first kappa shape index (κ1) is 25.7. The third-order valence-electron chi connectivity index (χ3n) is 12.1. The molecule has 4 saturated carbocycles. The minimum Gasteiger partial charge on any atom is -0.393 e. The smallest absolute Gasteiger partial charge is 0.0739 e. The molecule has 0 spiro atoms. The number of hydrogen-bond donors (Lipinski definition) is 3. The lowest BCUT2D eigenvalue weighted by molar-refractivity contribution is -0.267. The molecule has 4 aliphatic carbocycles. The van der Waals surface area contributed by atoms with Gasteiger partial charge in [-0.15, -0.1) is 0 Å². The maximum Gasteiger partial charge on any atom is 0.0739 e. The highest BCUT2D eigenvalue weighted by molar-refractivity contribution is 5.20. The highest BCUT2D eigenvalue weighted by Crippen LogP contribution is 2.70. The molecule has 4 fully saturated rings. The lowest BCUT2D eigenvalue weighted by Crippen LogP contribution is -2.69. The van der Waals surface area contributed by atoms with Gasteiger partial charge in [0, 0.05) is 5.92 Å². The van der Waals surface area contributed by atoms with E-state index in [1.807, 2.05) is 0 Å². The summed E-state index contributed by atoms with van der Waals surface area (Å²) < 4.78 is 0. The molecule has 0 heterocycles. The first-order chi connectivity index (χ1) is 15.3. The average Bonchev–Trinajstić information content (AvgIpc) is 3.07. The summed E-state index contributed by atoms with van der Waals surface area (Å²) >= 11 is 0. The van der Waals surface area contributed by atoms with Crippen LogP contribution in [-0.4, -0.2) is 33.1 Å². The van der Waals surface area contributed by atoms with Gasteiger partial charge in [-0.25, -0.2) is 0 Å². The molecular formula is C30H52O3. The third-order valence-corrected chi connectivity index (χ3v) is 12.1. The molecule has 0 bridgehead atoms. The van der Waals surface area contributed by atoms with Gasteiger partial charge in [0.2, 0.25) is 0 Å². The lowest BCUT2D eigenvalue weighted by atomic mass is 9.40. The van der Waals surface area contributed by atoms with E-state index in [0.29, 0.717) is 29.6 Å². The number of hydrogen-bond acceptors (Lipinski definition) is 3. The standard InChI is InChI=1S/C30H52O3/c1-17(2)20(5)18(3)15-19(4)22-9-10-26-29(22,8)16-25(32)27-28(7)13-12-24(31)21(6)23(28)11-14-30(26,27)33/h15,17,19-27,31-33H,9-14,16H2,1-8H3. The van der Waals surface area contributed by atoms with Crippen LogP contribution in [0.15, 0.2) is 11.6 Å². The van der Waals surface area contributed by atoms with Crippen molar-refractivity contribution in [2.24, 2.45) is 58.2 Å². The predicted octanol–water partition coefficient (Wildman–Crippen LogP) is 6.21. The minimum atomic E-state index is -0.780. The Kier molecular flexibility index (Phi) is 6.72. The van der Waals surface area contributed by atoms with Crippen molar-refractivity contribution in [3.8, 4) is 0 Å². The first-order valence-corrected chi connectivity index (χ1v) is 14.0. The number of aliphatic hydroxyl groups excluding tert-OH is 2. The fourth-order valence-corrected chi connectivity index (χ4v) is 10.1. The van der Waals surface area contributed by atoms with Crippen LogP contribution in [0.1, 0.15) is 100 Å². The summed E-state index contributed by atoms with van der Waals surface area (Å²) in [6.07, 6.45) is 8.34. The van der Waals surface area contributed by atoms with E-state index in [0.717, 1.165) is 44.9 Å². The van der Waals surface area contributed by atoms with Crippen molar-refractivity contribution in [2.75, 3.05) is 0 Å². The van der Waals surface area contributed by atoms with Crippen LogP contribution in [0.25, 0.3) is 0 Å². The molecule has 0 saturated heterocycles. The second-order valence-electron chi connectivity index (χ2n) is 13.9. The molecule has 12 unspecified atom stereocenters. The van der Waals surface area contributed by atoms with Crippen molar-refractivity contribution in [2.45, 2.75) is 118 Å². The molecule has 190 valence electrons. The molecule has 12 atom stereocenters. The largest absolute Gasteiger partial charge is 0.393 e. The van der Waals surface area contributed by atoms with E-state index in [1.54, 1.807) is 0 Å². The Balaban J connectivity index is 1.64. The molecular weight excluding hydrogens is 408 g/mol. The van der Waals surface area contributed by atoms with E-state index in [-0.39, 0.29) is 34.7 Å². The molecule has 33 heavy (non-hydrogen) atoms. The normalized spacial score (nSPS) is 52.1. The van der Waals surface area contributed by atoms with Gasteiger partial charge in [-0.2, -0.15) is 0 Å². The average molecular weight is 461 g/mol. The molecule has 0 aliphatic heterocycles. The first-order valence-electron chi connectivity index (χ1n) is 14.0. The molecule has 0 amide bonds. The lowest BCUT2D eigenvalue weighted by Gasteiger charge is -2.67. The van der Waals surface area contributed by atoms with Crippen LogP contribution >= 0.6 is 0 Å².